The van der Waals surface area contributed by atoms with Crippen molar-refractivity contribution in [2.24, 2.45) is 0 Å². The Morgan fingerprint density at radius 3 is 1.08 bits per heavy atom. The molecule has 82 valence electrons. The van der Waals surface area contributed by atoms with Crippen molar-refractivity contribution in [3.63, 3.8) is 0 Å². The van der Waals surface area contributed by atoms with Gasteiger partial charge in [0.2, 0.25) is 0 Å². The van der Waals surface area contributed by atoms with Gasteiger partial charge in [-0.25, -0.2) is 0 Å². The molecule has 0 aromatic carbocycles. The summed E-state index contributed by atoms with van der Waals surface area (Å²) in [5.74, 6) is 0. The number of hydrogen-bond donors (Lipinski definition) is 2. The van der Waals surface area contributed by atoms with Crippen molar-refractivity contribution >= 4 is 20.8 Å². The third-order valence-electron chi connectivity index (χ3n) is 0.172. The van der Waals surface area contributed by atoms with Crippen molar-refractivity contribution in [3.8, 4) is 0 Å². The first-order chi connectivity index (χ1) is 5.44. The first-order valence-corrected chi connectivity index (χ1v) is 4.75. The van der Waals surface area contributed by atoms with Crippen LogP contribution in [-0.2, 0) is 24.4 Å². The predicted octanol–water partition coefficient (Wildman–Crippen LogP) is -0.213. The molecule has 0 spiro atoms. The SMILES string of the molecule is FC(F)F.O=S(=O)(O)OS(=O)(=O)O. The molecule has 0 aromatic rings. The molecule has 7 nitrogen and oxygen atoms in total. The van der Waals surface area contributed by atoms with Gasteiger partial charge in [-0.3, -0.25) is 9.11 Å². The molecule has 12 heteroatoms. The van der Waals surface area contributed by atoms with Gasteiger partial charge in [0.05, 0.1) is 0 Å². The van der Waals surface area contributed by atoms with Crippen LogP contribution in [0.3, 0.4) is 0 Å². The van der Waals surface area contributed by atoms with Gasteiger partial charge in [0.25, 0.3) is 0 Å². The van der Waals surface area contributed by atoms with E-state index in [2.05, 4.69) is 3.63 Å². The molecule has 0 aliphatic carbocycles. The van der Waals surface area contributed by atoms with Crippen molar-refractivity contribution in [1.29, 1.82) is 0 Å². The Bertz CT molecular complexity index is 281. The van der Waals surface area contributed by atoms with Crippen LogP contribution in [0.5, 0.6) is 0 Å². The molecule has 0 saturated heterocycles. The van der Waals surface area contributed by atoms with Crippen molar-refractivity contribution < 1.29 is 42.7 Å². The fourth-order valence-electron chi connectivity index (χ4n) is 0.109. The van der Waals surface area contributed by atoms with Crippen LogP contribution in [0.4, 0.5) is 13.2 Å². The molecular weight excluding hydrogens is 245 g/mol. The van der Waals surface area contributed by atoms with Crippen molar-refractivity contribution in [1.82, 2.24) is 0 Å². The lowest BCUT2D eigenvalue weighted by molar-refractivity contribution is 0.00818. The van der Waals surface area contributed by atoms with E-state index in [0.717, 1.165) is 0 Å². The quantitative estimate of drug-likeness (QED) is 0.649. The molecule has 0 saturated carbocycles. The van der Waals surface area contributed by atoms with Crippen LogP contribution < -0.4 is 0 Å². The topological polar surface area (TPSA) is 118 Å². The zero-order valence-corrected chi connectivity index (χ0v) is 7.10. The highest BCUT2D eigenvalue weighted by molar-refractivity contribution is 7.94. The van der Waals surface area contributed by atoms with Gasteiger partial charge in [0.15, 0.2) is 0 Å². The summed E-state index contributed by atoms with van der Waals surface area (Å²) < 4.78 is 84.6. The van der Waals surface area contributed by atoms with Crippen molar-refractivity contribution in [2.45, 2.75) is 6.68 Å². The minimum atomic E-state index is -5.12. The second kappa shape index (κ2) is 5.33. The monoisotopic (exact) mass is 248 g/mol. The van der Waals surface area contributed by atoms with Crippen molar-refractivity contribution in [2.75, 3.05) is 0 Å². The molecule has 0 aliphatic heterocycles. The smallest absolute Gasteiger partial charge is 0.263 e. The molecule has 0 atom stereocenters. The summed E-state index contributed by atoms with van der Waals surface area (Å²) >= 11 is 0. The van der Waals surface area contributed by atoms with E-state index in [9.17, 15) is 30.0 Å². The van der Waals surface area contributed by atoms with Crippen LogP contribution in [0.1, 0.15) is 0 Å². The molecule has 2 N–H and O–H groups in total. The summed E-state index contributed by atoms with van der Waals surface area (Å²) in [4.78, 5) is 0. The van der Waals surface area contributed by atoms with Crippen molar-refractivity contribution in [3.05, 3.63) is 0 Å². The third kappa shape index (κ3) is 34.2. The van der Waals surface area contributed by atoms with E-state index in [0.29, 0.717) is 0 Å². The summed E-state index contributed by atoms with van der Waals surface area (Å²) in [6.07, 6.45) is 0. The van der Waals surface area contributed by atoms with Crippen LogP contribution in [0.2, 0.25) is 0 Å². The van der Waals surface area contributed by atoms with Crippen LogP contribution in [0.15, 0.2) is 0 Å². The van der Waals surface area contributed by atoms with E-state index in [1.54, 1.807) is 0 Å². The number of alkyl halides is 3. The van der Waals surface area contributed by atoms with Gasteiger partial charge >= 0.3 is 27.5 Å². The Kier molecular flexibility index (Phi) is 6.18. The Balaban J connectivity index is 0. The highest BCUT2D eigenvalue weighted by Crippen LogP contribution is 1.91. The predicted molar refractivity (Wildman–Crippen MR) is 31.3 cm³/mol. The molecule has 0 amide bonds. The fraction of sp³-hybridized carbons (Fsp3) is 1.00. The van der Waals surface area contributed by atoms with E-state index in [1.165, 1.54) is 0 Å². The second-order valence-corrected chi connectivity index (χ2v) is 3.43. The van der Waals surface area contributed by atoms with E-state index >= 15 is 0 Å². The maximum absolute atomic E-state index is 9.67. The van der Waals surface area contributed by atoms with E-state index in [4.69, 9.17) is 9.11 Å². The zero-order chi connectivity index (χ0) is 11.3. The molecule has 13 heavy (non-hydrogen) atoms. The normalized spacial score (nSPS) is 12.2. The molecule has 0 rings (SSSR count). The standard InChI is InChI=1S/CHF3.H2O7S2/c2-1(3)4;1-8(2,3)7-9(4,5)6/h1H;(H,1,2,3)(H,4,5,6). The minimum Gasteiger partial charge on any atom is -0.263 e. The summed E-state index contributed by atoms with van der Waals surface area (Å²) in [7, 11) is -10.2. The molecule has 0 aromatic heterocycles. The number of halogens is 3. The third-order valence-corrected chi connectivity index (χ3v) is 1.55. The first kappa shape index (κ1) is 15.1. The van der Waals surface area contributed by atoms with Gasteiger partial charge in [-0.15, -0.1) is 3.63 Å². The maximum atomic E-state index is 9.67. The molecule has 0 bridgehead atoms. The van der Waals surface area contributed by atoms with Crippen LogP contribution >= 0.6 is 0 Å². The fourth-order valence-corrected chi connectivity index (χ4v) is 0.978. The Morgan fingerprint density at radius 2 is 1.08 bits per heavy atom. The largest absolute Gasteiger partial charge is 0.413 e. The van der Waals surface area contributed by atoms with E-state index < -0.39 is 27.5 Å². The molecular formula is CH3F3O7S2. The van der Waals surface area contributed by atoms with Gasteiger partial charge in [-0.1, -0.05) is 0 Å². The van der Waals surface area contributed by atoms with Gasteiger partial charge in [0, 0.05) is 0 Å². The van der Waals surface area contributed by atoms with Gasteiger partial charge in [-0.05, 0) is 0 Å². The summed E-state index contributed by atoms with van der Waals surface area (Å²) in [6.45, 7) is -3.67. The molecule has 0 fully saturated rings. The van der Waals surface area contributed by atoms with Gasteiger partial charge < -0.3 is 0 Å². The molecule has 0 unspecified atom stereocenters. The Hall–Kier alpha value is -0.430. The summed E-state index contributed by atoms with van der Waals surface area (Å²) in [6, 6.07) is 0. The van der Waals surface area contributed by atoms with Crippen LogP contribution in [-0.4, -0.2) is 32.6 Å². The maximum Gasteiger partial charge on any atom is 0.413 e. The zero-order valence-electron chi connectivity index (χ0n) is 5.46. The lowest BCUT2D eigenvalue weighted by Crippen LogP contribution is -2.10. The highest BCUT2D eigenvalue weighted by Gasteiger charge is 2.15. The first-order valence-electron chi connectivity index (χ1n) is 2.02. The Morgan fingerprint density at radius 1 is 0.923 bits per heavy atom. The average molecular weight is 248 g/mol. The minimum absolute atomic E-state index is 2.68. The highest BCUT2D eigenvalue weighted by atomic mass is 32.3. The van der Waals surface area contributed by atoms with E-state index in [1.807, 2.05) is 0 Å². The van der Waals surface area contributed by atoms with Crippen LogP contribution in [0.25, 0.3) is 0 Å². The lowest BCUT2D eigenvalue weighted by Gasteiger charge is -1.89. The average Bonchev–Trinajstić information content (AvgIpc) is 1.47. The second-order valence-electron chi connectivity index (χ2n) is 1.17. The Labute approximate surface area is 71.0 Å². The summed E-state index contributed by atoms with van der Waals surface area (Å²) in [5, 5.41) is 0. The molecule has 0 aliphatic rings. The van der Waals surface area contributed by atoms with Gasteiger partial charge in [0.1, 0.15) is 0 Å². The number of hydrogen-bond acceptors (Lipinski definition) is 5. The van der Waals surface area contributed by atoms with Crippen LogP contribution in [0, 0.1) is 0 Å². The lowest BCUT2D eigenvalue weighted by atomic mass is 11.6. The van der Waals surface area contributed by atoms with Gasteiger partial charge in [-0.2, -0.15) is 30.0 Å². The van der Waals surface area contributed by atoms with E-state index in [-0.39, 0.29) is 0 Å². The molecule has 0 heterocycles. The number of rotatable bonds is 2. The molecule has 0 radical (unpaired) electrons. The summed E-state index contributed by atoms with van der Waals surface area (Å²) in [5.41, 5.74) is 0.